The van der Waals surface area contributed by atoms with E-state index in [9.17, 15) is 20.0 Å². The molecule has 0 amide bonds. The number of hydrogen-bond donors (Lipinski definition) is 1. The number of halogens is 1. The van der Waals surface area contributed by atoms with Crippen molar-refractivity contribution in [2.75, 3.05) is 18.0 Å². The number of nitrogens with zero attached hydrogens (tertiary/aromatic N) is 2. The van der Waals surface area contributed by atoms with Gasteiger partial charge in [-0.25, -0.2) is 0 Å². The van der Waals surface area contributed by atoms with Crippen LogP contribution in [0.2, 0.25) is 5.02 Å². The SMILES string of the molecule is CCC1(C(=O)O)CCCN(c2ccc([N+](=O)[O-])cc2Cl)C1. The van der Waals surface area contributed by atoms with Gasteiger partial charge in [-0.2, -0.15) is 0 Å². The summed E-state index contributed by atoms with van der Waals surface area (Å²) >= 11 is 6.13. The van der Waals surface area contributed by atoms with Gasteiger partial charge in [0, 0.05) is 25.2 Å². The van der Waals surface area contributed by atoms with Crippen molar-refractivity contribution in [3.05, 3.63) is 33.3 Å². The van der Waals surface area contributed by atoms with Crippen molar-refractivity contribution in [1.29, 1.82) is 0 Å². The molecule has 21 heavy (non-hydrogen) atoms. The number of non-ortho nitro benzene ring substituents is 1. The molecule has 1 aliphatic heterocycles. The number of benzene rings is 1. The highest BCUT2D eigenvalue weighted by molar-refractivity contribution is 6.33. The molecule has 1 heterocycles. The Hall–Kier alpha value is -1.82. The molecule has 0 saturated carbocycles. The average molecular weight is 313 g/mol. The van der Waals surface area contributed by atoms with Gasteiger partial charge < -0.3 is 10.0 Å². The van der Waals surface area contributed by atoms with Crippen LogP contribution in [0.25, 0.3) is 0 Å². The topological polar surface area (TPSA) is 83.7 Å². The van der Waals surface area contributed by atoms with Gasteiger partial charge in [0.1, 0.15) is 0 Å². The van der Waals surface area contributed by atoms with Crippen LogP contribution in [0.4, 0.5) is 11.4 Å². The molecule has 2 rings (SSSR count). The number of anilines is 1. The van der Waals surface area contributed by atoms with Gasteiger partial charge in [-0.1, -0.05) is 18.5 Å². The summed E-state index contributed by atoms with van der Waals surface area (Å²) in [6.07, 6.45) is 1.94. The number of carbonyl (C=O) groups is 1. The number of piperidine rings is 1. The Morgan fingerprint density at radius 1 is 1.57 bits per heavy atom. The molecule has 1 aromatic rings. The summed E-state index contributed by atoms with van der Waals surface area (Å²) < 4.78 is 0. The maximum atomic E-state index is 11.6. The van der Waals surface area contributed by atoms with E-state index >= 15 is 0 Å². The van der Waals surface area contributed by atoms with Crippen LogP contribution in [0.15, 0.2) is 18.2 Å². The van der Waals surface area contributed by atoms with Crippen molar-refractivity contribution in [3.63, 3.8) is 0 Å². The van der Waals surface area contributed by atoms with Crippen LogP contribution in [-0.2, 0) is 4.79 Å². The van der Waals surface area contributed by atoms with Crippen LogP contribution in [0.1, 0.15) is 26.2 Å². The quantitative estimate of drug-likeness (QED) is 0.681. The molecule has 1 aromatic carbocycles. The van der Waals surface area contributed by atoms with E-state index in [1.165, 1.54) is 12.1 Å². The van der Waals surface area contributed by atoms with E-state index in [0.717, 1.165) is 6.42 Å². The zero-order chi connectivity index (χ0) is 15.6. The lowest BCUT2D eigenvalue weighted by atomic mass is 9.77. The van der Waals surface area contributed by atoms with Crippen LogP contribution < -0.4 is 4.90 Å². The van der Waals surface area contributed by atoms with Crippen molar-refractivity contribution in [1.82, 2.24) is 0 Å². The van der Waals surface area contributed by atoms with E-state index in [2.05, 4.69) is 0 Å². The summed E-state index contributed by atoms with van der Waals surface area (Å²) in [5.41, 5.74) is -0.189. The number of rotatable bonds is 4. The van der Waals surface area contributed by atoms with Crippen LogP contribution >= 0.6 is 11.6 Å². The first kappa shape index (κ1) is 15.6. The van der Waals surface area contributed by atoms with Crippen molar-refractivity contribution in [2.45, 2.75) is 26.2 Å². The highest BCUT2D eigenvalue weighted by Gasteiger charge is 2.41. The lowest BCUT2D eigenvalue weighted by molar-refractivity contribution is -0.384. The van der Waals surface area contributed by atoms with E-state index in [4.69, 9.17) is 11.6 Å². The molecule has 1 fully saturated rings. The molecule has 0 aliphatic carbocycles. The van der Waals surface area contributed by atoms with E-state index in [-0.39, 0.29) is 10.7 Å². The van der Waals surface area contributed by atoms with Gasteiger partial charge in [0.2, 0.25) is 0 Å². The zero-order valence-electron chi connectivity index (χ0n) is 11.7. The summed E-state index contributed by atoms with van der Waals surface area (Å²) in [5.74, 6) is -0.798. The lowest BCUT2D eigenvalue weighted by Crippen LogP contribution is -2.47. The molecule has 1 atom stereocenters. The maximum absolute atomic E-state index is 11.6. The van der Waals surface area contributed by atoms with Gasteiger partial charge in [0.25, 0.3) is 5.69 Å². The number of aliphatic carboxylic acids is 1. The highest BCUT2D eigenvalue weighted by Crippen LogP contribution is 2.38. The molecule has 7 heteroatoms. The fraction of sp³-hybridized carbons (Fsp3) is 0.500. The van der Waals surface area contributed by atoms with E-state index in [1.54, 1.807) is 6.07 Å². The first-order valence-corrected chi connectivity index (χ1v) is 7.20. The number of carboxylic acids is 1. The number of nitro benzene ring substituents is 1. The molecule has 1 aliphatic rings. The molecule has 1 saturated heterocycles. The third-order valence-corrected chi connectivity index (χ3v) is 4.49. The van der Waals surface area contributed by atoms with Gasteiger partial charge >= 0.3 is 5.97 Å². The Labute approximate surface area is 127 Å². The third kappa shape index (κ3) is 2.95. The van der Waals surface area contributed by atoms with Gasteiger partial charge in [-0.3, -0.25) is 14.9 Å². The molecule has 1 N–H and O–H groups in total. The molecule has 0 aromatic heterocycles. The second-order valence-electron chi connectivity index (χ2n) is 5.36. The van der Waals surface area contributed by atoms with Crippen LogP contribution in [-0.4, -0.2) is 29.1 Å². The Morgan fingerprint density at radius 3 is 2.81 bits per heavy atom. The molecule has 114 valence electrons. The lowest BCUT2D eigenvalue weighted by Gasteiger charge is -2.40. The average Bonchev–Trinajstić information content (AvgIpc) is 2.46. The maximum Gasteiger partial charge on any atom is 0.311 e. The standard InChI is InChI=1S/C14H17ClN2O4/c1-2-14(13(18)19)6-3-7-16(9-14)12-5-4-10(17(20)21)8-11(12)15/h4-5,8H,2-3,6-7,9H2,1H3,(H,18,19). The van der Waals surface area contributed by atoms with Gasteiger partial charge in [0.15, 0.2) is 0 Å². The van der Waals surface area contributed by atoms with Crippen molar-refractivity contribution >= 4 is 28.9 Å². The monoisotopic (exact) mass is 312 g/mol. The van der Waals surface area contributed by atoms with Gasteiger partial charge in [0.05, 0.1) is 21.0 Å². The van der Waals surface area contributed by atoms with Crippen LogP contribution in [0.5, 0.6) is 0 Å². The minimum absolute atomic E-state index is 0.0688. The first-order chi connectivity index (χ1) is 9.89. The molecule has 0 radical (unpaired) electrons. The van der Waals surface area contributed by atoms with Crippen molar-refractivity contribution in [2.24, 2.45) is 5.41 Å². The van der Waals surface area contributed by atoms with E-state index < -0.39 is 16.3 Å². The smallest absolute Gasteiger partial charge is 0.311 e. The Kier molecular flexibility index (Phi) is 4.37. The molecule has 1 unspecified atom stereocenters. The number of nitro groups is 1. The van der Waals surface area contributed by atoms with E-state index in [1.807, 2.05) is 11.8 Å². The predicted octanol–water partition coefficient (Wildman–Crippen LogP) is 3.33. The highest BCUT2D eigenvalue weighted by atomic mass is 35.5. The normalized spacial score (nSPS) is 22.1. The Bertz CT molecular complexity index is 578. The summed E-state index contributed by atoms with van der Waals surface area (Å²) in [4.78, 5) is 23.7. The van der Waals surface area contributed by atoms with Crippen LogP contribution in [0.3, 0.4) is 0 Å². The summed E-state index contributed by atoms with van der Waals surface area (Å²) in [5, 5.41) is 20.5. The molecule has 0 spiro atoms. The fourth-order valence-electron chi connectivity index (χ4n) is 2.82. The minimum atomic E-state index is -0.798. The van der Waals surface area contributed by atoms with Crippen molar-refractivity contribution in [3.8, 4) is 0 Å². The second-order valence-corrected chi connectivity index (χ2v) is 5.76. The first-order valence-electron chi connectivity index (χ1n) is 6.82. The Balaban J connectivity index is 2.30. The summed E-state index contributed by atoms with van der Waals surface area (Å²) in [6.45, 7) is 2.94. The zero-order valence-corrected chi connectivity index (χ0v) is 12.5. The van der Waals surface area contributed by atoms with E-state index in [0.29, 0.717) is 31.6 Å². The molecule has 6 nitrogen and oxygen atoms in total. The van der Waals surface area contributed by atoms with Gasteiger partial charge in [-0.15, -0.1) is 0 Å². The van der Waals surface area contributed by atoms with Crippen molar-refractivity contribution < 1.29 is 14.8 Å². The number of hydrogen-bond acceptors (Lipinski definition) is 4. The fourth-order valence-corrected chi connectivity index (χ4v) is 3.11. The Morgan fingerprint density at radius 2 is 2.29 bits per heavy atom. The molecule has 0 bridgehead atoms. The third-order valence-electron chi connectivity index (χ3n) is 4.19. The largest absolute Gasteiger partial charge is 0.481 e. The second kappa shape index (κ2) is 5.89. The molecular weight excluding hydrogens is 296 g/mol. The van der Waals surface area contributed by atoms with Crippen LogP contribution in [0, 0.1) is 15.5 Å². The summed E-state index contributed by atoms with van der Waals surface area (Å²) in [7, 11) is 0. The number of carboxylic acid groups (broad SMARTS) is 1. The predicted molar refractivity (Wildman–Crippen MR) is 79.9 cm³/mol. The van der Waals surface area contributed by atoms with Gasteiger partial charge in [-0.05, 0) is 25.3 Å². The minimum Gasteiger partial charge on any atom is -0.481 e. The summed E-state index contributed by atoms with van der Waals surface area (Å²) in [6, 6.07) is 4.29. The molecular formula is C14H17ClN2O4.